The lowest BCUT2D eigenvalue weighted by molar-refractivity contribution is 0.122. The predicted molar refractivity (Wildman–Crippen MR) is 114 cm³/mol. The highest BCUT2D eigenvalue weighted by molar-refractivity contribution is 6.31. The van der Waals surface area contributed by atoms with Crippen molar-refractivity contribution in [2.45, 2.75) is 6.92 Å². The van der Waals surface area contributed by atoms with Gasteiger partial charge in [-0.1, -0.05) is 11.6 Å². The Morgan fingerprint density at radius 2 is 1.89 bits per heavy atom. The van der Waals surface area contributed by atoms with E-state index in [1.807, 2.05) is 37.3 Å². The van der Waals surface area contributed by atoms with Gasteiger partial charge in [0.15, 0.2) is 0 Å². The summed E-state index contributed by atoms with van der Waals surface area (Å²) in [7, 11) is 0. The Hall–Kier alpha value is -2.64. The Bertz CT molecular complexity index is 961. The minimum Gasteiger partial charge on any atom is -0.383 e. The van der Waals surface area contributed by atoms with Gasteiger partial charge in [0.2, 0.25) is 5.95 Å². The lowest BCUT2D eigenvalue weighted by Crippen LogP contribution is -2.37. The molecule has 3 heterocycles. The summed E-state index contributed by atoms with van der Waals surface area (Å²) in [6, 6.07) is 9.72. The summed E-state index contributed by atoms with van der Waals surface area (Å²) in [5.74, 6) is 1.60. The molecule has 1 fully saturated rings. The zero-order valence-electron chi connectivity index (χ0n) is 15.8. The molecule has 0 aliphatic carbocycles. The van der Waals surface area contributed by atoms with E-state index in [4.69, 9.17) is 16.3 Å². The number of benzene rings is 1. The van der Waals surface area contributed by atoms with E-state index in [0.717, 1.165) is 61.0 Å². The van der Waals surface area contributed by atoms with Gasteiger partial charge in [0.05, 0.1) is 18.7 Å². The van der Waals surface area contributed by atoms with Gasteiger partial charge < -0.3 is 20.3 Å². The summed E-state index contributed by atoms with van der Waals surface area (Å²) in [5.41, 5.74) is 2.86. The largest absolute Gasteiger partial charge is 0.383 e. The fourth-order valence-corrected chi connectivity index (χ4v) is 3.40. The number of ether oxygens (including phenoxy) is 1. The molecule has 1 saturated heterocycles. The van der Waals surface area contributed by atoms with Gasteiger partial charge in [0.1, 0.15) is 5.82 Å². The summed E-state index contributed by atoms with van der Waals surface area (Å²) < 4.78 is 5.42. The first-order valence-electron chi connectivity index (χ1n) is 9.39. The average Bonchev–Trinajstić information content (AvgIpc) is 2.71. The molecule has 8 heteroatoms. The van der Waals surface area contributed by atoms with Crippen LogP contribution in [0.4, 0.5) is 17.5 Å². The minimum atomic E-state index is 0.648. The predicted octanol–water partition coefficient (Wildman–Crippen LogP) is 3.35. The maximum atomic E-state index is 6.05. The number of nitrogens with one attached hydrogen (secondary N) is 2. The third kappa shape index (κ3) is 4.43. The second-order valence-electron chi connectivity index (χ2n) is 6.66. The highest BCUT2D eigenvalue weighted by Gasteiger charge is 2.14. The quantitative estimate of drug-likeness (QED) is 0.616. The lowest BCUT2D eigenvalue weighted by Gasteiger charge is -2.28. The summed E-state index contributed by atoms with van der Waals surface area (Å²) >= 11 is 6.05. The second-order valence-corrected chi connectivity index (χ2v) is 7.10. The Balaban J connectivity index is 1.37. The molecule has 7 nitrogen and oxygen atoms in total. The number of fused-ring (bicyclic) bond motifs is 1. The molecule has 146 valence electrons. The number of hydrogen-bond acceptors (Lipinski definition) is 7. The van der Waals surface area contributed by atoms with Crippen LogP contribution in [-0.2, 0) is 4.74 Å². The molecule has 1 aliphatic heterocycles. The van der Waals surface area contributed by atoms with Gasteiger partial charge >= 0.3 is 0 Å². The first-order chi connectivity index (χ1) is 13.7. The number of nitrogens with zero attached hydrogens (tertiary/aromatic N) is 4. The van der Waals surface area contributed by atoms with E-state index < -0.39 is 0 Å². The molecule has 28 heavy (non-hydrogen) atoms. The van der Waals surface area contributed by atoms with Crippen molar-refractivity contribution in [3.05, 3.63) is 47.2 Å². The fourth-order valence-electron chi connectivity index (χ4n) is 3.23. The van der Waals surface area contributed by atoms with Crippen LogP contribution in [0.3, 0.4) is 0 Å². The van der Waals surface area contributed by atoms with E-state index in [2.05, 4.69) is 30.5 Å². The normalized spacial score (nSPS) is 14.3. The van der Waals surface area contributed by atoms with Crippen LogP contribution in [0.25, 0.3) is 10.9 Å². The second kappa shape index (κ2) is 8.58. The van der Waals surface area contributed by atoms with Gasteiger partial charge in [-0.05, 0) is 31.2 Å². The number of rotatable bonds is 6. The number of aromatic nitrogens is 3. The molecular formula is C20H23ClN6O. The van der Waals surface area contributed by atoms with Crippen molar-refractivity contribution in [1.82, 2.24) is 15.0 Å². The number of aryl methyl sites for hydroxylation is 1. The molecule has 2 aromatic heterocycles. The topological polar surface area (TPSA) is 75.2 Å². The monoisotopic (exact) mass is 398 g/mol. The van der Waals surface area contributed by atoms with Crippen molar-refractivity contribution in [3.8, 4) is 0 Å². The minimum absolute atomic E-state index is 0.648. The van der Waals surface area contributed by atoms with Crippen molar-refractivity contribution >= 4 is 40.0 Å². The maximum absolute atomic E-state index is 6.05. The van der Waals surface area contributed by atoms with Crippen LogP contribution in [-0.4, -0.2) is 54.3 Å². The third-order valence-electron chi connectivity index (χ3n) is 4.60. The molecule has 0 bridgehead atoms. The van der Waals surface area contributed by atoms with E-state index >= 15 is 0 Å². The first-order valence-corrected chi connectivity index (χ1v) is 9.77. The van der Waals surface area contributed by atoms with Gasteiger partial charge in [-0.2, -0.15) is 4.98 Å². The molecule has 0 unspecified atom stereocenters. The molecule has 0 spiro atoms. The van der Waals surface area contributed by atoms with Crippen LogP contribution in [0.15, 0.2) is 36.5 Å². The molecule has 1 aliphatic rings. The molecule has 3 aromatic rings. The van der Waals surface area contributed by atoms with Gasteiger partial charge in [-0.3, -0.25) is 4.98 Å². The highest BCUT2D eigenvalue weighted by Crippen LogP contribution is 2.24. The van der Waals surface area contributed by atoms with Crippen LogP contribution in [0, 0.1) is 6.92 Å². The van der Waals surface area contributed by atoms with Crippen molar-refractivity contribution in [1.29, 1.82) is 0 Å². The fraction of sp³-hybridized carbons (Fsp3) is 0.350. The first kappa shape index (κ1) is 18.7. The average molecular weight is 399 g/mol. The molecular weight excluding hydrogens is 376 g/mol. The van der Waals surface area contributed by atoms with Crippen LogP contribution in [0.5, 0.6) is 0 Å². The van der Waals surface area contributed by atoms with Gasteiger partial charge in [0, 0.05) is 60.2 Å². The number of halogens is 1. The standard InChI is InChI=1S/C20H23ClN6O/c1-14-12-19(27-8-10-28-11-9-27)26-20(25-14)24-7-6-23-17-4-5-22-18-13-15(21)2-3-16(17)18/h2-5,12-13H,6-11H2,1H3,(H,22,23)(H,24,25,26). The van der Waals surface area contributed by atoms with E-state index in [1.165, 1.54) is 0 Å². The van der Waals surface area contributed by atoms with Crippen LogP contribution >= 0.6 is 11.6 Å². The van der Waals surface area contributed by atoms with Gasteiger partial charge in [0.25, 0.3) is 0 Å². The smallest absolute Gasteiger partial charge is 0.224 e. The van der Waals surface area contributed by atoms with E-state index in [-0.39, 0.29) is 0 Å². The van der Waals surface area contributed by atoms with Gasteiger partial charge in [-0.15, -0.1) is 0 Å². The van der Waals surface area contributed by atoms with Crippen molar-refractivity contribution in [3.63, 3.8) is 0 Å². The van der Waals surface area contributed by atoms with Gasteiger partial charge in [-0.25, -0.2) is 4.98 Å². The Kier molecular flexibility index (Phi) is 5.73. The molecule has 0 amide bonds. The zero-order chi connectivity index (χ0) is 19.3. The molecule has 2 N–H and O–H groups in total. The van der Waals surface area contributed by atoms with Crippen molar-refractivity contribution in [2.75, 3.05) is 54.9 Å². The van der Waals surface area contributed by atoms with E-state index in [0.29, 0.717) is 17.5 Å². The number of anilines is 3. The molecule has 0 saturated carbocycles. The van der Waals surface area contributed by atoms with Crippen molar-refractivity contribution < 1.29 is 4.74 Å². The van der Waals surface area contributed by atoms with Crippen molar-refractivity contribution in [2.24, 2.45) is 0 Å². The third-order valence-corrected chi connectivity index (χ3v) is 4.84. The SMILES string of the molecule is Cc1cc(N2CCOCC2)nc(NCCNc2ccnc3cc(Cl)ccc23)n1. The summed E-state index contributed by atoms with van der Waals surface area (Å²) in [6.45, 7) is 6.60. The number of hydrogen-bond donors (Lipinski definition) is 2. The maximum Gasteiger partial charge on any atom is 0.224 e. The van der Waals surface area contributed by atoms with E-state index in [9.17, 15) is 0 Å². The Morgan fingerprint density at radius 1 is 1.07 bits per heavy atom. The number of morpholine rings is 1. The highest BCUT2D eigenvalue weighted by atomic mass is 35.5. The summed E-state index contributed by atoms with van der Waals surface area (Å²) in [4.78, 5) is 15.8. The molecule has 0 atom stereocenters. The molecule has 0 radical (unpaired) electrons. The lowest BCUT2D eigenvalue weighted by atomic mass is 10.2. The van der Waals surface area contributed by atoms with Crippen LogP contribution in [0.2, 0.25) is 5.02 Å². The Morgan fingerprint density at radius 3 is 2.75 bits per heavy atom. The summed E-state index contributed by atoms with van der Waals surface area (Å²) in [5, 5.41) is 8.49. The van der Waals surface area contributed by atoms with E-state index in [1.54, 1.807) is 6.20 Å². The molecule has 4 rings (SSSR count). The zero-order valence-corrected chi connectivity index (χ0v) is 16.5. The Labute approximate surface area is 169 Å². The van der Waals surface area contributed by atoms with Crippen LogP contribution < -0.4 is 15.5 Å². The number of pyridine rings is 1. The molecule has 1 aromatic carbocycles. The van der Waals surface area contributed by atoms with Crippen LogP contribution in [0.1, 0.15) is 5.69 Å². The summed E-state index contributed by atoms with van der Waals surface area (Å²) in [6.07, 6.45) is 1.78.